The molecule has 0 saturated carbocycles. The molecule has 1 atom stereocenters. The first-order valence-corrected chi connectivity index (χ1v) is 4.64. The summed E-state index contributed by atoms with van der Waals surface area (Å²) in [6, 6.07) is 8.80. The highest BCUT2D eigenvalue weighted by molar-refractivity contribution is 5.31. The van der Waals surface area contributed by atoms with Gasteiger partial charge in [0, 0.05) is 0 Å². The molecular weight excluding hydrogens is 182 g/mol. The zero-order valence-electron chi connectivity index (χ0n) is 8.21. The topological polar surface area (TPSA) is 0 Å². The normalized spacial score (nSPS) is 15.1. The second kappa shape index (κ2) is 4.36. The van der Waals surface area contributed by atoms with Gasteiger partial charge in [-0.05, 0) is 12.0 Å². The quantitative estimate of drug-likeness (QED) is 0.643. The fourth-order valence-electron chi connectivity index (χ4n) is 1.58. The molecule has 0 aliphatic heterocycles. The Balaban J connectivity index is 3.17. The number of hydrogen-bond acceptors (Lipinski definition) is 0. The average molecular weight is 196 g/mol. The number of hydrogen-bond donors (Lipinski definition) is 0. The largest absolute Gasteiger partial charge is 0.251 e. The van der Waals surface area contributed by atoms with E-state index in [0.717, 1.165) is 0 Å². The molecular formula is C12H14F2. The molecule has 0 fully saturated rings. The lowest BCUT2D eigenvalue weighted by molar-refractivity contribution is 0.0731. The first-order valence-electron chi connectivity index (χ1n) is 4.64. The predicted octanol–water partition coefficient (Wildman–Crippen LogP) is 3.79. The smallest absolute Gasteiger partial charge is 0.209 e. The van der Waals surface area contributed by atoms with E-state index in [-0.39, 0.29) is 0 Å². The van der Waals surface area contributed by atoms with Crippen LogP contribution < -0.4 is 0 Å². The summed E-state index contributed by atoms with van der Waals surface area (Å²) in [5.41, 5.74) is -0.561. The van der Waals surface area contributed by atoms with E-state index in [9.17, 15) is 8.78 Å². The first-order chi connectivity index (χ1) is 6.67. The van der Waals surface area contributed by atoms with Gasteiger partial charge < -0.3 is 0 Å². The van der Waals surface area contributed by atoms with Crippen LogP contribution in [-0.2, 0) is 5.41 Å². The Hall–Kier alpha value is -1.18. The Morgan fingerprint density at radius 1 is 1.36 bits per heavy atom. The molecule has 0 radical (unpaired) electrons. The Labute approximate surface area is 83.3 Å². The third-order valence-electron chi connectivity index (χ3n) is 2.65. The van der Waals surface area contributed by atoms with Gasteiger partial charge in [-0.25, -0.2) is 8.78 Å². The summed E-state index contributed by atoms with van der Waals surface area (Å²) in [6.07, 6.45) is -0.696. The second-order valence-corrected chi connectivity index (χ2v) is 3.26. The summed E-state index contributed by atoms with van der Waals surface area (Å²) < 4.78 is 25.9. The molecule has 0 spiro atoms. The van der Waals surface area contributed by atoms with Crippen molar-refractivity contribution in [3.8, 4) is 0 Å². The zero-order valence-corrected chi connectivity index (χ0v) is 8.21. The molecule has 1 aromatic carbocycles. The van der Waals surface area contributed by atoms with Gasteiger partial charge in [0.05, 0.1) is 5.41 Å². The highest BCUT2D eigenvalue weighted by atomic mass is 19.3. The molecule has 0 amide bonds. The molecule has 0 aromatic heterocycles. The van der Waals surface area contributed by atoms with Crippen LogP contribution in [0.2, 0.25) is 0 Å². The molecule has 1 rings (SSSR count). The second-order valence-electron chi connectivity index (χ2n) is 3.26. The van der Waals surface area contributed by atoms with E-state index in [4.69, 9.17) is 0 Å². The minimum Gasteiger partial charge on any atom is -0.209 e. The molecule has 0 bridgehead atoms. The Morgan fingerprint density at radius 2 is 1.93 bits per heavy atom. The van der Waals surface area contributed by atoms with E-state index in [1.165, 1.54) is 6.08 Å². The van der Waals surface area contributed by atoms with E-state index >= 15 is 0 Å². The van der Waals surface area contributed by atoms with E-state index in [0.29, 0.717) is 12.0 Å². The van der Waals surface area contributed by atoms with Gasteiger partial charge in [0.2, 0.25) is 0 Å². The Kier molecular flexibility index (Phi) is 3.39. The minimum absolute atomic E-state index is 0.359. The summed E-state index contributed by atoms with van der Waals surface area (Å²) >= 11 is 0. The average Bonchev–Trinajstić information content (AvgIpc) is 2.22. The Bertz CT molecular complexity index is 292. The summed E-state index contributed by atoms with van der Waals surface area (Å²) in [6.45, 7) is 5.27. The van der Waals surface area contributed by atoms with Gasteiger partial charge in [0.25, 0.3) is 6.43 Å². The van der Waals surface area contributed by atoms with Crippen LogP contribution >= 0.6 is 0 Å². The molecule has 76 valence electrons. The van der Waals surface area contributed by atoms with Crippen LogP contribution in [-0.4, -0.2) is 6.43 Å². The lowest BCUT2D eigenvalue weighted by Gasteiger charge is -2.28. The van der Waals surface area contributed by atoms with Gasteiger partial charge in [0.15, 0.2) is 0 Å². The molecule has 0 saturated heterocycles. The summed E-state index contributed by atoms with van der Waals surface area (Å²) in [4.78, 5) is 0. The zero-order chi connectivity index (χ0) is 10.6. The van der Waals surface area contributed by atoms with E-state index in [1.54, 1.807) is 31.2 Å². The first kappa shape index (κ1) is 10.9. The van der Waals surface area contributed by atoms with Crippen molar-refractivity contribution in [3.05, 3.63) is 48.6 Å². The molecule has 0 N–H and O–H groups in total. The highest BCUT2D eigenvalue weighted by Crippen LogP contribution is 2.35. The molecule has 0 heterocycles. The molecule has 1 unspecified atom stereocenters. The van der Waals surface area contributed by atoms with Crippen molar-refractivity contribution in [2.24, 2.45) is 0 Å². The SMILES string of the molecule is C=CC(CC)(c1ccccc1)C(F)F. The third-order valence-corrected chi connectivity index (χ3v) is 2.65. The van der Waals surface area contributed by atoms with E-state index < -0.39 is 11.8 Å². The van der Waals surface area contributed by atoms with Crippen LogP contribution in [0.1, 0.15) is 18.9 Å². The van der Waals surface area contributed by atoms with Gasteiger partial charge in [-0.15, -0.1) is 6.58 Å². The lowest BCUT2D eigenvalue weighted by Crippen LogP contribution is -2.31. The molecule has 2 heteroatoms. The molecule has 0 nitrogen and oxygen atoms in total. The van der Waals surface area contributed by atoms with Gasteiger partial charge in [0.1, 0.15) is 0 Å². The van der Waals surface area contributed by atoms with Gasteiger partial charge >= 0.3 is 0 Å². The summed E-state index contributed by atoms with van der Waals surface area (Å²) in [5.74, 6) is 0. The number of allylic oxidation sites excluding steroid dienone is 1. The number of benzene rings is 1. The van der Waals surface area contributed by atoms with Crippen molar-refractivity contribution in [1.29, 1.82) is 0 Å². The molecule has 14 heavy (non-hydrogen) atoms. The molecule has 1 aromatic rings. The molecule has 0 aliphatic rings. The minimum atomic E-state index is -2.41. The van der Waals surface area contributed by atoms with Crippen LogP contribution in [0.3, 0.4) is 0 Å². The van der Waals surface area contributed by atoms with Crippen molar-refractivity contribution in [1.82, 2.24) is 0 Å². The number of halogens is 2. The standard InChI is InChI=1S/C12H14F2/c1-3-12(4-2,11(13)14)10-8-6-5-7-9-10/h3,5-9,11H,1,4H2,2H3. The van der Waals surface area contributed by atoms with Crippen molar-refractivity contribution in [2.45, 2.75) is 25.2 Å². The highest BCUT2D eigenvalue weighted by Gasteiger charge is 2.36. The fraction of sp³-hybridized carbons (Fsp3) is 0.333. The summed E-state index contributed by atoms with van der Waals surface area (Å²) in [7, 11) is 0. The number of rotatable bonds is 4. The van der Waals surface area contributed by atoms with Crippen LogP contribution in [0.15, 0.2) is 43.0 Å². The van der Waals surface area contributed by atoms with Crippen molar-refractivity contribution >= 4 is 0 Å². The van der Waals surface area contributed by atoms with Crippen LogP contribution in [0.5, 0.6) is 0 Å². The monoisotopic (exact) mass is 196 g/mol. The number of alkyl halides is 2. The maximum Gasteiger partial charge on any atom is 0.251 e. The maximum absolute atomic E-state index is 13.0. The van der Waals surface area contributed by atoms with Crippen LogP contribution in [0.25, 0.3) is 0 Å². The Morgan fingerprint density at radius 3 is 2.29 bits per heavy atom. The fourth-order valence-corrected chi connectivity index (χ4v) is 1.58. The van der Waals surface area contributed by atoms with Crippen molar-refractivity contribution in [2.75, 3.05) is 0 Å². The van der Waals surface area contributed by atoms with Crippen molar-refractivity contribution in [3.63, 3.8) is 0 Å². The third kappa shape index (κ3) is 1.69. The summed E-state index contributed by atoms with van der Waals surface area (Å²) in [5, 5.41) is 0. The van der Waals surface area contributed by atoms with Crippen LogP contribution in [0.4, 0.5) is 8.78 Å². The van der Waals surface area contributed by atoms with Crippen LogP contribution in [0, 0.1) is 0 Å². The van der Waals surface area contributed by atoms with Gasteiger partial charge in [-0.3, -0.25) is 0 Å². The lowest BCUT2D eigenvalue weighted by atomic mass is 9.78. The van der Waals surface area contributed by atoms with Gasteiger partial charge in [-0.2, -0.15) is 0 Å². The van der Waals surface area contributed by atoms with E-state index in [1.807, 2.05) is 6.07 Å². The van der Waals surface area contributed by atoms with E-state index in [2.05, 4.69) is 6.58 Å². The molecule has 0 aliphatic carbocycles. The maximum atomic E-state index is 13.0. The van der Waals surface area contributed by atoms with Gasteiger partial charge in [-0.1, -0.05) is 43.3 Å². The van der Waals surface area contributed by atoms with Crippen molar-refractivity contribution < 1.29 is 8.78 Å². The predicted molar refractivity (Wildman–Crippen MR) is 54.6 cm³/mol.